The monoisotopic (exact) mass is 442 g/mol. The predicted molar refractivity (Wildman–Crippen MR) is 122 cm³/mol. The largest absolute Gasteiger partial charge is 0.322 e. The zero-order valence-corrected chi connectivity index (χ0v) is 18.1. The standard InChI is InChI=1S/C23H23ClN2O3S/c1-2-3-7-17-10-13-19(14-11-17)25-23(27)18-12-15-22(21(24)16-18)26-30(28,29)20-8-5-4-6-9-20/h4-6,8-16,26H,2-3,7H2,1H3,(H,25,27). The third-order valence-corrected chi connectivity index (χ3v) is 6.25. The van der Waals surface area contributed by atoms with Gasteiger partial charge >= 0.3 is 0 Å². The van der Waals surface area contributed by atoms with Crippen LogP contribution in [0.4, 0.5) is 11.4 Å². The summed E-state index contributed by atoms with van der Waals surface area (Å²) in [7, 11) is -3.76. The van der Waals surface area contributed by atoms with E-state index in [1.54, 1.807) is 18.2 Å². The molecule has 0 saturated heterocycles. The van der Waals surface area contributed by atoms with E-state index in [4.69, 9.17) is 11.6 Å². The second-order valence-corrected chi connectivity index (χ2v) is 8.96. The van der Waals surface area contributed by atoms with Crippen LogP contribution in [-0.2, 0) is 16.4 Å². The highest BCUT2D eigenvalue weighted by molar-refractivity contribution is 7.92. The van der Waals surface area contributed by atoms with Gasteiger partial charge in [0.1, 0.15) is 0 Å². The average Bonchev–Trinajstić information content (AvgIpc) is 2.75. The van der Waals surface area contributed by atoms with Crippen molar-refractivity contribution in [3.63, 3.8) is 0 Å². The first kappa shape index (κ1) is 21.9. The van der Waals surface area contributed by atoms with Crippen LogP contribution in [0.3, 0.4) is 0 Å². The van der Waals surface area contributed by atoms with E-state index in [-0.39, 0.29) is 21.5 Å². The van der Waals surface area contributed by atoms with Gasteiger partial charge in [-0.05, 0) is 60.9 Å². The highest BCUT2D eigenvalue weighted by Gasteiger charge is 2.16. The van der Waals surface area contributed by atoms with E-state index >= 15 is 0 Å². The van der Waals surface area contributed by atoms with Gasteiger partial charge < -0.3 is 5.32 Å². The fraction of sp³-hybridized carbons (Fsp3) is 0.174. The van der Waals surface area contributed by atoms with Gasteiger partial charge in [-0.1, -0.05) is 55.3 Å². The van der Waals surface area contributed by atoms with Crippen LogP contribution in [-0.4, -0.2) is 14.3 Å². The molecule has 156 valence electrons. The Morgan fingerprint density at radius 2 is 1.67 bits per heavy atom. The minimum Gasteiger partial charge on any atom is -0.322 e. The smallest absolute Gasteiger partial charge is 0.261 e. The normalized spacial score (nSPS) is 11.1. The quantitative estimate of drug-likeness (QED) is 0.467. The van der Waals surface area contributed by atoms with E-state index < -0.39 is 10.0 Å². The Morgan fingerprint density at radius 1 is 0.967 bits per heavy atom. The predicted octanol–water partition coefficient (Wildman–Crippen LogP) is 5.74. The van der Waals surface area contributed by atoms with Crippen molar-refractivity contribution >= 4 is 38.9 Å². The van der Waals surface area contributed by atoms with Crippen molar-refractivity contribution in [2.75, 3.05) is 10.0 Å². The fourth-order valence-corrected chi connectivity index (χ4v) is 4.27. The molecule has 7 heteroatoms. The molecule has 3 rings (SSSR count). The average molecular weight is 443 g/mol. The van der Waals surface area contributed by atoms with Gasteiger partial charge in [0, 0.05) is 11.3 Å². The molecule has 30 heavy (non-hydrogen) atoms. The summed E-state index contributed by atoms with van der Waals surface area (Å²) >= 11 is 6.23. The van der Waals surface area contributed by atoms with Gasteiger partial charge in [-0.2, -0.15) is 0 Å². The summed E-state index contributed by atoms with van der Waals surface area (Å²) in [6.07, 6.45) is 3.28. The lowest BCUT2D eigenvalue weighted by Gasteiger charge is -2.11. The molecule has 0 fully saturated rings. The Kier molecular flexibility index (Phi) is 7.13. The number of carbonyl (C=O) groups is 1. The summed E-state index contributed by atoms with van der Waals surface area (Å²) in [5.41, 5.74) is 2.45. The van der Waals surface area contributed by atoms with Crippen molar-refractivity contribution in [1.82, 2.24) is 0 Å². The molecule has 3 aromatic carbocycles. The highest BCUT2D eigenvalue weighted by atomic mass is 35.5. The Bertz CT molecular complexity index is 1110. The van der Waals surface area contributed by atoms with Gasteiger partial charge in [0.05, 0.1) is 15.6 Å². The van der Waals surface area contributed by atoms with Crippen molar-refractivity contribution < 1.29 is 13.2 Å². The summed E-state index contributed by atoms with van der Waals surface area (Å²) in [5.74, 6) is -0.323. The molecule has 1 amide bonds. The number of unbranched alkanes of at least 4 members (excludes halogenated alkanes) is 1. The molecule has 0 radical (unpaired) electrons. The van der Waals surface area contributed by atoms with E-state index in [1.165, 1.54) is 35.9 Å². The number of anilines is 2. The molecule has 0 aromatic heterocycles. The number of benzene rings is 3. The summed E-state index contributed by atoms with van der Waals surface area (Å²) < 4.78 is 27.4. The summed E-state index contributed by atoms with van der Waals surface area (Å²) in [6, 6.07) is 20.2. The number of carbonyl (C=O) groups excluding carboxylic acids is 1. The first-order valence-electron chi connectivity index (χ1n) is 9.67. The SMILES string of the molecule is CCCCc1ccc(NC(=O)c2ccc(NS(=O)(=O)c3ccccc3)c(Cl)c2)cc1. The Morgan fingerprint density at radius 3 is 2.30 bits per heavy atom. The summed E-state index contributed by atoms with van der Waals surface area (Å²) in [4.78, 5) is 12.7. The maximum atomic E-state index is 12.5. The van der Waals surface area contributed by atoms with Crippen molar-refractivity contribution in [2.24, 2.45) is 0 Å². The van der Waals surface area contributed by atoms with Gasteiger partial charge in [0.25, 0.3) is 15.9 Å². The van der Waals surface area contributed by atoms with Crippen LogP contribution < -0.4 is 10.0 Å². The zero-order chi connectivity index (χ0) is 21.6. The van der Waals surface area contributed by atoms with E-state index in [0.29, 0.717) is 11.3 Å². The third kappa shape index (κ3) is 5.62. The first-order valence-corrected chi connectivity index (χ1v) is 11.5. The van der Waals surface area contributed by atoms with Crippen LogP contribution in [0, 0.1) is 0 Å². The van der Waals surface area contributed by atoms with E-state index in [0.717, 1.165) is 19.3 Å². The molecule has 0 aliphatic rings. The maximum Gasteiger partial charge on any atom is 0.261 e. The topological polar surface area (TPSA) is 75.3 Å². The van der Waals surface area contributed by atoms with Crippen LogP contribution in [0.15, 0.2) is 77.7 Å². The Labute approximate surface area is 182 Å². The Hall–Kier alpha value is -2.83. The van der Waals surface area contributed by atoms with Crippen LogP contribution in [0.5, 0.6) is 0 Å². The number of rotatable bonds is 8. The molecular weight excluding hydrogens is 420 g/mol. The molecule has 2 N–H and O–H groups in total. The lowest BCUT2D eigenvalue weighted by Crippen LogP contribution is -2.14. The molecule has 0 unspecified atom stereocenters. The minimum atomic E-state index is -3.76. The molecular formula is C23H23ClN2O3S. The molecule has 0 heterocycles. The number of hydrogen-bond acceptors (Lipinski definition) is 3. The van der Waals surface area contributed by atoms with Crippen molar-refractivity contribution in [1.29, 1.82) is 0 Å². The summed E-state index contributed by atoms with van der Waals surface area (Å²) in [6.45, 7) is 2.15. The van der Waals surface area contributed by atoms with E-state index in [2.05, 4.69) is 17.0 Å². The molecule has 0 bridgehead atoms. The first-order chi connectivity index (χ1) is 14.4. The van der Waals surface area contributed by atoms with Crippen LogP contribution in [0.2, 0.25) is 5.02 Å². The molecule has 0 atom stereocenters. The van der Waals surface area contributed by atoms with Gasteiger partial charge in [0.2, 0.25) is 0 Å². The van der Waals surface area contributed by atoms with Crippen molar-refractivity contribution in [3.05, 3.63) is 88.9 Å². The third-order valence-electron chi connectivity index (χ3n) is 4.56. The van der Waals surface area contributed by atoms with Gasteiger partial charge in [-0.15, -0.1) is 0 Å². The number of nitrogens with one attached hydrogen (secondary N) is 2. The second-order valence-electron chi connectivity index (χ2n) is 6.87. The van der Waals surface area contributed by atoms with E-state index in [1.807, 2.05) is 24.3 Å². The number of amides is 1. The number of hydrogen-bond donors (Lipinski definition) is 2. The number of aryl methyl sites for hydroxylation is 1. The lowest BCUT2D eigenvalue weighted by atomic mass is 10.1. The van der Waals surface area contributed by atoms with Crippen LogP contribution in [0.1, 0.15) is 35.7 Å². The molecule has 0 spiro atoms. The fourth-order valence-electron chi connectivity index (χ4n) is 2.88. The van der Waals surface area contributed by atoms with Gasteiger partial charge in [0.15, 0.2) is 0 Å². The van der Waals surface area contributed by atoms with Crippen LogP contribution in [0.25, 0.3) is 0 Å². The highest BCUT2D eigenvalue weighted by Crippen LogP contribution is 2.26. The molecule has 0 aliphatic heterocycles. The number of halogens is 1. The van der Waals surface area contributed by atoms with Crippen molar-refractivity contribution in [2.45, 2.75) is 31.1 Å². The van der Waals surface area contributed by atoms with Crippen molar-refractivity contribution in [3.8, 4) is 0 Å². The van der Waals surface area contributed by atoms with Crippen LogP contribution >= 0.6 is 11.6 Å². The molecule has 3 aromatic rings. The van der Waals surface area contributed by atoms with E-state index in [9.17, 15) is 13.2 Å². The molecule has 0 aliphatic carbocycles. The zero-order valence-electron chi connectivity index (χ0n) is 16.6. The van der Waals surface area contributed by atoms with Gasteiger partial charge in [-0.3, -0.25) is 9.52 Å². The lowest BCUT2D eigenvalue weighted by molar-refractivity contribution is 0.102. The van der Waals surface area contributed by atoms with Gasteiger partial charge in [-0.25, -0.2) is 8.42 Å². The Balaban J connectivity index is 1.69. The summed E-state index contributed by atoms with van der Waals surface area (Å²) in [5, 5.41) is 2.96. The maximum absolute atomic E-state index is 12.5. The minimum absolute atomic E-state index is 0.130. The second kappa shape index (κ2) is 9.78. The molecule has 0 saturated carbocycles. The molecule has 5 nitrogen and oxygen atoms in total. The number of sulfonamides is 1.